The molecule has 0 heterocycles. The summed E-state index contributed by atoms with van der Waals surface area (Å²) in [5, 5.41) is 40.6. The third-order valence-corrected chi connectivity index (χ3v) is 7.05. The second-order valence-electron chi connectivity index (χ2n) is 9.44. The van der Waals surface area contributed by atoms with E-state index in [2.05, 4.69) is 5.32 Å². The Morgan fingerprint density at radius 3 is 1.72 bits per heavy atom. The van der Waals surface area contributed by atoms with Crippen LogP contribution in [0.3, 0.4) is 0 Å². The van der Waals surface area contributed by atoms with Crippen LogP contribution in [0.4, 0.5) is 0 Å². The number of ether oxygens (including phenoxy) is 2. The predicted octanol–water partition coefficient (Wildman–Crippen LogP) is 6.64. The molecule has 5 N–H and O–H groups in total. The first kappa shape index (κ1) is 37.9. The number of aryl methyl sites for hydroxylation is 1. The molecule has 1 aliphatic carbocycles. The maximum Gasteiger partial charge on any atom is 0.345 e. The first-order valence-electron chi connectivity index (χ1n) is 13.3. The van der Waals surface area contributed by atoms with Crippen molar-refractivity contribution in [1.82, 2.24) is 5.32 Å². The van der Waals surface area contributed by atoms with Crippen molar-refractivity contribution < 1.29 is 44.3 Å². The van der Waals surface area contributed by atoms with Crippen LogP contribution in [0.2, 0.25) is 15.1 Å². The SMILES string of the molecule is CNC.COc1c(Cl)ccc(Cl)c1C(=O)O.Cc1cc(Cl)ccc1OCC(=O)O.O=C(O)C1(O)c2ccccc2-c2ccccc21. The van der Waals surface area contributed by atoms with E-state index in [1.54, 1.807) is 42.5 Å². The van der Waals surface area contributed by atoms with Crippen LogP contribution in [-0.2, 0) is 15.2 Å². The molecule has 46 heavy (non-hydrogen) atoms. The lowest BCUT2D eigenvalue weighted by Gasteiger charge is -2.19. The van der Waals surface area contributed by atoms with Gasteiger partial charge in [0.2, 0.25) is 5.60 Å². The standard InChI is InChI=1S/C14H10O3.C9H9ClO3.C8H6Cl2O3.C2H7N/c15-13(16)14(17)11-7-3-1-5-9(11)10-6-2-4-8-12(10)14;1-6-4-7(10)2-3-8(6)13-5-9(11)12;1-13-7-5(10)3-2-4(9)6(7)8(11)12;1-3-2/h1-8,17H,(H,15,16);2-4H,5H2,1H3,(H,11,12);2-3H,1H3,(H,11,12);3H,1-2H3. The van der Waals surface area contributed by atoms with Crippen LogP contribution >= 0.6 is 34.8 Å². The van der Waals surface area contributed by atoms with Gasteiger partial charge in [0, 0.05) is 16.1 Å². The van der Waals surface area contributed by atoms with Crippen molar-refractivity contribution in [3.63, 3.8) is 0 Å². The quantitative estimate of drug-likeness (QED) is 0.148. The highest BCUT2D eigenvalue weighted by Crippen LogP contribution is 2.47. The van der Waals surface area contributed by atoms with E-state index in [0.717, 1.165) is 16.7 Å². The summed E-state index contributed by atoms with van der Waals surface area (Å²) in [6.07, 6.45) is 0. The third kappa shape index (κ3) is 9.12. The lowest BCUT2D eigenvalue weighted by atomic mass is 9.92. The number of hydrogen-bond acceptors (Lipinski definition) is 7. The number of benzene rings is 4. The van der Waals surface area contributed by atoms with Crippen molar-refractivity contribution in [3.8, 4) is 22.6 Å². The zero-order valence-corrected chi connectivity index (χ0v) is 27.4. The van der Waals surface area contributed by atoms with Crippen molar-refractivity contribution in [2.75, 3.05) is 27.8 Å². The Morgan fingerprint density at radius 2 is 1.30 bits per heavy atom. The highest BCUT2D eigenvalue weighted by molar-refractivity contribution is 6.37. The maximum atomic E-state index is 11.4. The maximum absolute atomic E-state index is 11.4. The van der Waals surface area contributed by atoms with Crippen LogP contribution in [0.25, 0.3) is 11.1 Å². The largest absolute Gasteiger partial charge is 0.494 e. The average molecular weight is 693 g/mol. The minimum Gasteiger partial charge on any atom is -0.494 e. The van der Waals surface area contributed by atoms with Gasteiger partial charge in [0.1, 0.15) is 11.3 Å². The number of carboxylic acid groups (broad SMARTS) is 3. The molecule has 10 nitrogen and oxygen atoms in total. The van der Waals surface area contributed by atoms with Crippen LogP contribution < -0.4 is 14.8 Å². The molecular formula is C33H32Cl3NO9. The van der Waals surface area contributed by atoms with Gasteiger partial charge in [-0.1, -0.05) is 83.3 Å². The monoisotopic (exact) mass is 691 g/mol. The van der Waals surface area contributed by atoms with Crippen molar-refractivity contribution >= 4 is 52.7 Å². The number of aliphatic hydroxyl groups is 1. The summed E-state index contributed by atoms with van der Waals surface area (Å²) in [5.41, 5.74) is 1.24. The van der Waals surface area contributed by atoms with Crippen LogP contribution in [0.5, 0.6) is 11.5 Å². The number of nitrogens with one attached hydrogen (secondary N) is 1. The molecule has 0 aromatic heterocycles. The number of carbonyl (C=O) groups is 3. The number of methoxy groups -OCH3 is 1. The predicted molar refractivity (Wildman–Crippen MR) is 177 cm³/mol. The summed E-state index contributed by atoms with van der Waals surface area (Å²) in [4.78, 5) is 32.3. The summed E-state index contributed by atoms with van der Waals surface area (Å²) >= 11 is 17.1. The number of rotatable bonds is 6. The molecule has 0 fully saturated rings. The number of carboxylic acids is 3. The molecule has 1 aliphatic rings. The number of aliphatic carboxylic acids is 2. The van der Waals surface area contributed by atoms with E-state index in [9.17, 15) is 24.6 Å². The summed E-state index contributed by atoms with van der Waals surface area (Å²) < 4.78 is 9.82. The molecular weight excluding hydrogens is 661 g/mol. The number of fused-ring (bicyclic) bond motifs is 3. The molecule has 0 saturated heterocycles. The van der Waals surface area contributed by atoms with Gasteiger partial charge in [-0.3, -0.25) is 0 Å². The topological polar surface area (TPSA) is 163 Å². The second kappa shape index (κ2) is 17.4. The lowest BCUT2D eigenvalue weighted by Crippen LogP contribution is -2.34. The number of aromatic carboxylic acids is 1. The Balaban J connectivity index is 0.000000233. The molecule has 244 valence electrons. The van der Waals surface area contributed by atoms with Crippen molar-refractivity contribution in [2.24, 2.45) is 0 Å². The Hall–Kier alpha value is -4.32. The van der Waals surface area contributed by atoms with Gasteiger partial charge in [0.05, 0.1) is 17.2 Å². The van der Waals surface area contributed by atoms with Crippen LogP contribution in [0.1, 0.15) is 27.0 Å². The van der Waals surface area contributed by atoms with Gasteiger partial charge < -0.3 is 35.2 Å². The molecule has 13 heteroatoms. The Kier molecular flexibility index (Phi) is 14.3. The summed E-state index contributed by atoms with van der Waals surface area (Å²) in [5.74, 6) is -2.76. The van der Waals surface area contributed by atoms with Crippen LogP contribution in [0.15, 0.2) is 78.9 Å². The minimum absolute atomic E-state index is 0.0849. The fraction of sp³-hybridized carbons (Fsp3) is 0.182. The van der Waals surface area contributed by atoms with E-state index in [1.165, 1.54) is 19.2 Å². The average Bonchev–Trinajstić information content (AvgIpc) is 3.28. The van der Waals surface area contributed by atoms with Gasteiger partial charge in [-0.2, -0.15) is 0 Å². The molecule has 0 aliphatic heterocycles. The zero-order chi connectivity index (χ0) is 34.6. The smallest absolute Gasteiger partial charge is 0.345 e. The molecule has 5 rings (SSSR count). The number of halogens is 3. The summed E-state index contributed by atoms with van der Waals surface area (Å²) in [6, 6.07) is 22.0. The van der Waals surface area contributed by atoms with Crippen molar-refractivity contribution in [2.45, 2.75) is 12.5 Å². The summed E-state index contributed by atoms with van der Waals surface area (Å²) in [7, 11) is 5.09. The van der Waals surface area contributed by atoms with Gasteiger partial charge in [-0.25, -0.2) is 14.4 Å². The Labute approximate surface area is 280 Å². The van der Waals surface area contributed by atoms with Gasteiger partial charge in [0.15, 0.2) is 12.4 Å². The van der Waals surface area contributed by atoms with Crippen molar-refractivity contribution in [3.05, 3.63) is 116 Å². The molecule has 0 saturated carbocycles. The van der Waals surface area contributed by atoms with Crippen LogP contribution in [-0.4, -0.2) is 66.1 Å². The third-order valence-electron chi connectivity index (χ3n) is 6.20. The molecule has 4 aromatic carbocycles. The van der Waals surface area contributed by atoms with Crippen molar-refractivity contribution in [1.29, 1.82) is 0 Å². The minimum atomic E-state index is -1.92. The van der Waals surface area contributed by atoms with E-state index in [4.69, 9.17) is 54.5 Å². The molecule has 0 unspecified atom stereocenters. The van der Waals surface area contributed by atoms with E-state index in [-0.39, 0.29) is 28.0 Å². The molecule has 0 bridgehead atoms. The van der Waals surface area contributed by atoms with Gasteiger partial charge in [-0.15, -0.1) is 0 Å². The fourth-order valence-corrected chi connectivity index (χ4v) is 4.98. The first-order chi connectivity index (χ1) is 21.7. The first-order valence-corrected chi connectivity index (χ1v) is 14.5. The highest BCUT2D eigenvalue weighted by atomic mass is 35.5. The molecule has 0 atom stereocenters. The normalized spacial score (nSPS) is 11.5. The number of hydrogen-bond donors (Lipinski definition) is 5. The summed E-state index contributed by atoms with van der Waals surface area (Å²) in [6.45, 7) is 1.48. The Morgan fingerprint density at radius 1 is 0.804 bits per heavy atom. The van der Waals surface area contributed by atoms with E-state index in [0.29, 0.717) is 21.9 Å². The van der Waals surface area contributed by atoms with Gasteiger partial charge in [0.25, 0.3) is 0 Å². The van der Waals surface area contributed by atoms with Crippen LogP contribution in [0, 0.1) is 6.92 Å². The lowest BCUT2D eigenvalue weighted by molar-refractivity contribution is -0.154. The molecule has 0 radical (unpaired) electrons. The second-order valence-corrected chi connectivity index (χ2v) is 10.7. The van der Waals surface area contributed by atoms with Gasteiger partial charge in [-0.05, 0) is 68.0 Å². The van der Waals surface area contributed by atoms with E-state index in [1.807, 2.05) is 45.3 Å². The molecule has 0 spiro atoms. The molecule has 4 aromatic rings. The fourth-order valence-electron chi connectivity index (χ4n) is 4.29. The van der Waals surface area contributed by atoms with E-state index >= 15 is 0 Å². The molecule has 0 amide bonds. The highest BCUT2D eigenvalue weighted by Gasteiger charge is 2.47. The van der Waals surface area contributed by atoms with Gasteiger partial charge >= 0.3 is 17.9 Å². The van der Waals surface area contributed by atoms with E-state index < -0.39 is 23.5 Å². The zero-order valence-electron chi connectivity index (χ0n) is 25.2. The Bertz CT molecular complexity index is 1650.